The average Bonchev–Trinajstić information content (AvgIpc) is 2.65. The Labute approximate surface area is 91.9 Å². The zero-order valence-electron chi connectivity index (χ0n) is 9.71. The van der Waals surface area contributed by atoms with E-state index in [2.05, 4.69) is 35.7 Å². The molecule has 1 fully saturated rings. The van der Waals surface area contributed by atoms with Crippen molar-refractivity contribution in [3.8, 4) is 0 Å². The van der Waals surface area contributed by atoms with Crippen LogP contribution >= 0.6 is 0 Å². The Morgan fingerprint density at radius 2 is 2.47 bits per heavy atom. The first-order valence-corrected chi connectivity index (χ1v) is 6.02. The fourth-order valence-electron chi connectivity index (χ4n) is 2.60. The summed E-state index contributed by atoms with van der Waals surface area (Å²) in [4.78, 5) is 1.73. The molecule has 0 aromatic carbocycles. The smallest absolute Gasteiger partial charge is 0.118 e. The highest BCUT2D eigenvalue weighted by molar-refractivity contribution is 5.04. The van der Waals surface area contributed by atoms with E-state index in [9.17, 15) is 0 Å². The Morgan fingerprint density at radius 3 is 3.13 bits per heavy atom. The van der Waals surface area contributed by atoms with E-state index in [1.54, 1.807) is 4.90 Å². The molecule has 0 amide bonds. The van der Waals surface area contributed by atoms with Crippen LogP contribution in [0.4, 0.5) is 0 Å². The van der Waals surface area contributed by atoms with Crippen LogP contribution in [-0.2, 0) is 13.6 Å². The summed E-state index contributed by atoms with van der Waals surface area (Å²) in [6.45, 7) is 4.94. The number of nitrogens with zero attached hydrogens (tertiary/aromatic N) is 1. The molecule has 0 aliphatic carbocycles. The molecule has 2 atom stereocenters. The Hall–Kier alpha value is -0.800. The SMILES string of the molecule is Cn1cccc1C[NH+]1CCCC(C[NH3+])C1. The summed E-state index contributed by atoms with van der Waals surface area (Å²) in [5.41, 5.74) is 5.49. The zero-order valence-corrected chi connectivity index (χ0v) is 9.71. The molecular weight excluding hydrogens is 186 g/mol. The maximum Gasteiger partial charge on any atom is 0.118 e. The van der Waals surface area contributed by atoms with Crippen molar-refractivity contribution in [2.75, 3.05) is 19.6 Å². The molecule has 0 bridgehead atoms. The quantitative estimate of drug-likeness (QED) is 0.645. The summed E-state index contributed by atoms with van der Waals surface area (Å²) in [5.74, 6) is 0.856. The van der Waals surface area contributed by atoms with Crippen molar-refractivity contribution in [2.24, 2.45) is 13.0 Å². The third kappa shape index (κ3) is 2.61. The van der Waals surface area contributed by atoms with E-state index >= 15 is 0 Å². The fourth-order valence-corrected chi connectivity index (χ4v) is 2.60. The molecule has 4 N–H and O–H groups in total. The second-order valence-electron chi connectivity index (χ2n) is 4.79. The first-order valence-electron chi connectivity index (χ1n) is 6.02. The first kappa shape index (κ1) is 10.7. The molecule has 0 radical (unpaired) electrons. The summed E-state index contributed by atoms with van der Waals surface area (Å²) >= 11 is 0. The Morgan fingerprint density at radius 1 is 1.60 bits per heavy atom. The molecule has 3 nitrogen and oxygen atoms in total. The van der Waals surface area contributed by atoms with Crippen molar-refractivity contribution in [3.63, 3.8) is 0 Å². The van der Waals surface area contributed by atoms with Gasteiger partial charge in [-0.05, 0) is 25.0 Å². The predicted octanol–water partition coefficient (Wildman–Crippen LogP) is -0.938. The van der Waals surface area contributed by atoms with E-state index in [1.807, 2.05) is 0 Å². The highest BCUT2D eigenvalue weighted by Gasteiger charge is 2.23. The lowest BCUT2D eigenvalue weighted by Gasteiger charge is -2.28. The highest BCUT2D eigenvalue weighted by atomic mass is 15.1. The number of piperidine rings is 1. The van der Waals surface area contributed by atoms with Crippen LogP contribution in [0, 0.1) is 5.92 Å². The number of aryl methyl sites for hydroxylation is 1. The van der Waals surface area contributed by atoms with Gasteiger partial charge in [-0.15, -0.1) is 0 Å². The maximum absolute atomic E-state index is 4.04. The number of rotatable bonds is 3. The molecule has 1 aliphatic heterocycles. The molecular formula is C12H23N3+2. The van der Waals surface area contributed by atoms with Gasteiger partial charge in [-0.25, -0.2) is 0 Å². The number of hydrogen-bond acceptors (Lipinski definition) is 0. The van der Waals surface area contributed by atoms with Crippen molar-refractivity contribution in [1.29, 1.82) is 0 Å². The number of likely N-dealkylation sites (tertiary alicyclic amines) is 1. The molecule has 1 aromatic rings. The van der Waals surface area contributed by atoms with Crippen LogP contribution in [0.1, 0.15) is 18.5 Å². The second kappa shape index (κ2) is 4.81. The molecule has 0 spiro atoms. The highest BCUT2D eigenvalue weighted by Crippen LogP contribution is 2.05. The minimum Gasteiger partial charge on any atom is -0.357 e. The van der Waals surface area contributed by atoms with Gasteiger partial charge in [0.15, 0.2) is 0 Å². The Balaban J connectivity index is 1.92. The predicted molar refractivity (Wildman–Crippen MR) is 60.3 cm³/mol. The van der Waals surface area contributed by atoms with Crippen LogP contribution in [0.2, 0.25) is 0 Å². The normalized spacial score (nSPS) is 26.8. The van der Waals surface area contributed by atoms with E-state index in [-0.39, 0.29) is 0 Å². The van der Waals surface area contributed by atoms with Crippen LogP contribution in [0.25, 0.3) is 0 Å². The number of aromatic nitrogens is 1. The molecule has 2 heterocycles. The van der Waals surface area contributed by atoms with Gasteiger partial charge in [0.05, 0.1) is 31.2 Å². The molecule has 84 valence electrons. The summed E-state index contributed by atoms with van der Waals surface area (Å²) in [6, 6.07) is 4.37. The topological polar surface area (TPSA) is 37.0 Å². The van der Waals surface area contributed by atoms with Crippen molar-refractivity contribution in [2.45, 2.75) is 19.4 Å². The maximum atomic E-state index is 4.04. The minimum absolute atomic E-state index is 0.856. The largest absolute Gasteiger partial charge is 0.357 e. The van der Waals surface area contributed by atoms with E-state index in [0.29, 0.717) is 0 Å². The van der Waals surface area contributed by atoms with Gasteiger partial charge in [-0.1, -0.05) is 0 Å². The summed E-state index contributed by atoms with van der Waals surface area (Å²) < 4.78 is 2.24. The second-order valence-corrected chi connectivity index (χ2v) is 4.79. The standard InChI is InChI=1S/C12H21N3/c1-14-6-3-5-12(14)10-15-7-2-4-11(8-13)9-15/h3,5-6,11H,2,4,7-10,13H2,1H3/p+2. The van der Waals surface area contributed by atoms with Gasteiger partial charge in [-0.3, -0.25) is 0 Å². The van der Waals surface area contributed by atoms with Gasteiger partial charge in [-0.2, -0.15) is 0 Å². The molecule has 1 saturated heterocycles. The zero-order chi connectivity index (χ0) is 10.7. The van der Waals surface area contributed by atoms with Gasteiger partial charge < -0.3 is 15.2 Å². The first-order chi connectivity index (χ1) is 7.29. The molecule has 1 aliphatic rings. The van der Waals surface area contributed by atoms with E-state index in [4.69, 9.17) is 0 Å². The van der Waals surface area contributed by atoms with Crippen LogP contribution < -0.4 is 10.6 Å². The Bertz CT molecular complexity index is 306. The van der Waals surface area contributed by atoms with E-state index in [0.717, 1.165) is 12.5 Å². The number of nitrogens with one attached hydrogen (secondary N) is 1. The van der Waals surface area contributed by atoms with Crippen molar-refractivity contribution >= 4 is 0 Å². The van der Waals surface area contributed by atoms with Crippen LogP contribution in [-0.4, -0.2) is 24.2 Å². The van der Waals surface area contributed by atoms with E-state index < -0.39 is 0 Å². The van der Waals surface area contributed by atoms with Crippen molar-refractivity contribution in [1.82, 2.24) is 4.57 Å². The Kier molecular flexibility index (Phi) is 3.44. The van der Waals surface area contributed by atoms with Gasteiger partial charge >= 0.3 is 0 Å². The summed E-state index contributed by atoms with van der Waals surface area (Å²) in [6.07, 6.45) is 4.90. The van der Waals surface area contributed by atoms with Gasteiger partial charge in [0.25, 0.3) is 0 Å². The minimum atomic E-state index is 0.856. The molecule has 1 aromatic heterocycles. The fraction of sp³-hybridized carbons (Fsp3) is 0.667. The van der Waals surface area contributed by atoms with E-state index in [1.165, 1.54) is 38.2 Å². The van der Waals surface area contributed by atoms with Crippen molar-refractivity contribution < 1.29 is 10.6 Å². The average molecular weight is 209 g/mol. The lowest BCUT2D eigenvalue weighted by molar-refractivity contribution is -0.923. The lowest BCUT2D eigenvalue weighted by Crippen LogP contribution is -3.12. The molecule has 0 saturated carbocycles. The monoisotopic (exact) mass is 209 g/mol. The third-order valence-electron chi connectivity index (χ3n) is 3.61. The summed E-state index contributed by atoms with van der Waals surface area (Å²) in [5, 5.41) is 0. The van der Waals surface area contributed by atoms with Gasteiger partial charge in [0.2, 0.25) is 0 Å². The number of quaternary nitrogens is 2. The van der Waals surface area contributed by atoms with Crippen LogP contribution in [0.15, 0.2) is 18.3 Å². The van der Waals surface area contributed by atoms with Crippen LogP contribution in [0.5, 0.6) is 0 Å². The number of hydrogen-bond donors (Lipinski definition) is 2. The summed E-state index contributed by atoms with van der Waals surface area (Å²) in [7, 11) is 2.14. The molecule has 2 rings (SSSR count). The molecule has 2 unspecified atom stereocenters. The third-order valence-corrected chi connectivity index (χ3v) is 3.61. The van der Waals surface area contributed by atoms with Gasteiger partial charge in [0.1, 0.15) is 6.54 Å². The van der Waals surface area contributed by atoms with Gasteiger partial charge in [0, 0.05) is 13.2 Å². The molecule has 15 heavy (non-hydrogen) atoms. The molecule has 3 heteroatoms. The van der Waals surface area contributed by atoms with Crippen LogP contribution in [0.3, 0.4) is 0 Å². The lowest BCUT2D eigenvalue weighted by atomic mass is 9.98. The van der Waals surface area contributed by atoms with Crippen molar-refractivity contribution in [3.05, 3.63) is 24.0 Å².